The van der Waals surface area contributed by atoms with Crippen molar-refractivity contribution in [3.8, 4) is 0 Å². The molecule has 2 saturated carbocycles. The number of sulfone groups is 1. The van der Waals surface area contributed by atoms with Gasteiger partial charge in [-0.25, -0.2) is 21.6 Å². The van der Waals surface area contributed by atoms with E-state index in [0.717, 1.165) is 12.3 Å². The number of aliphatic hydroxyl groups is 1. The number of anilines is 1. The second-order valence-corrected chi connectivity index (χ2v) is 11.9. The summed E-state index contributed by atoms with van der Waals surface area (Å²) < 4.78 is 73.0. The minimum absolute atomic E-state index is 0.00244. The van der Waals surface area contributed by atoms with Crippen LogP contribution in [-0.4, -0.2) is 54.9 Å². The molecule has 2 fully saturated rings. The molecule has 2 aromatic carbocycles. The zero-order valence-electron chi connectivity index (χ0n) is 19.3. The molecular weight excluding hydrogens is 537 g/mol. The maximum absolute atomic E-state index is 13.7. The standard InChI is InChI=1S/C24H24ClF3N2O6S/c25-17-4-3-13(23(31)30-16-8-18(26)21(28)19(27)9-16)7-20(17)37(34,35)22-14-1-2-15(22)11-24(32,10-14)12-36-6-5-29-33/h3-5,7-9,14-15,22,32-33H,1-2,6,10-12H2,(H,30,31)/b29-5+/t14-,15?,22?,24?/m0/s1. The number of benzene rings is 2. The average Bonchev–Trinajstić information content (AvgIpc) is 3.13. The van der Waals surface area contributed by atoms with Crippen LogP contribution in [0, 0.1) is 29.3 Å². The van der Waals surface area contributed by atoms with Gasteiger partial charge in [-0.3, -0.25) is 4.79 Å². The molecule has 2 bridgehead atoms. The van der Waals surface area contributed by atoms with Crippen LogP contribution in [0.5, 0.6) is 0 Å². The van der Waals surface area contributed by atoms with Crippen LogP contribution in [0.4, 0.5) is 18.9 Å². The highest BCUT2D eigenvalue weighted by Crippen LogP contribution is 2.51. The Bertz CT molecular complexity index is 1300. The van der Waals surface area contributed by atoms with Crippen LogP contribution in [0.15, 0.2) is 40.4 Å². The number of halogens is 4. The van der Waals surface area contributed by atoms with Crippen LogP contribution in [0.2, 0.25) is 5.02 Å². The third kappa shape index (κ3) is 5.62. The van der Waals surface area contributed by atoms with E-state index in [-0.39, 0.29) is 59.1 Å². The number of ether oxygens (including phenoxy) is 1. The van der Waals surface area contributed by atoms with Crippen LogP contribution < -0.4 is 5.32 Å². The highest BCUT2D eigenvalue weighted by Gasteiger charge is 2.54. The SMILES string of the molecule is O=C(Nc1cc(F)c(F)c(F)c1)c1ccc(Cl)c(S(=O)(=O)C2C3CC[C@H]2CC(O)(COC/C=N/O)C3)c1. The zero-order chi connectivity index (χ0) is 27.0. The lowest BCUT2D eigenvalue weighted by Gasteiger charge is -2.40. The van der Waals surface area contributed by atoms with Crippen LogP contribution in [-0.2, 0) is 14.6 Å². The van der Waals surface area contributed by atoms with Gasteiger partial charge in [0.25, 0.3) is 5.91 Å². The number of nitrogens with zero attached hydrogens (tertiary/aromatic N) is 1. The van der Waals surface area contributed by atoms with Crippen molar-refractivity contribution < 1.29 is 41.4 Å². The van der Waals surface area contributed by atoms with E-state index in [4.69, 9.17) is 21.5 Å². The number of amides is 1. The van der Waals surface area contributed by atoms with Gasteiger partial charge in [-0.1, -0.05) is 16.8 Å². The van der Waals surface area contributed by atoms with Gasteiger partial charge in [0.05, 0.1) is 40.2 Å². The Morgan fingerprint density at radius 3 is 2.38 bits per heavy atom. The maximum Gasteiger partial charge on any atom is 0.255 e. The summed E-state index contributed by atoms with van der Waals surface area (Å²) in [6.45, 7) is -0.0443. The fourth-order valence-corrected chi connectivity index (χ4v) is 8.28. The summed E-state index contributed by atoms with van der Waals surface area (Å²) >= 11 is 6.24. The van der Waals surface area contributed by atoms with E-state index < -0.39 is 44.0 Å². The highest BCUT2D eigenvalue weighted by atomic mass is 35.5. The lowest BCUT2D eigenvalue weighted by Crippen LogP contribution is -2.48. The van der Waals surface area contributed by atoms with E-state index in [1.807, 2.05) is 0 Å². The molecule has 3 unspecified atom stereocenters. The third-order valence-electron chi connectivity index (χ3n) is 6.87. The molecule has 3 N–H and O–H groups in total. The smallest absolute Gasteiger partial charge is 0.255 e. The van der Waals surface area contributed by atoms with Gasteiger partial charge in [-0.15, -0.1) is 0 Å². The molecule has 8 nitrogen and oxygen atoms in total. The molecule has 0 aromatic heterocycles. The van der Waals surface area contributed by atoms with E-state index in [2.05, 4.69) is 10.5 Å². The number of carbonyl (C=O) groups excluding carboxylic acids is 1. The number of oxime groups is 1. The summed E-state index contributed by atoms with van der Waals surface area (Å²) in [5, 5.41) is 23.6. The first kappa shape index (κ1) is 27.4. The molecule has 1 amide bonds. The minimum atomic E-state index is -4.04. The first-order valence-corrected chi connectivity index (χ1v) is 13.3. The molecule has 2 aromatic rings. The summed E-state index contributed by atoms with van der Waals surface area (Å²) in [5.74, 6) is -6.28. The normalized spacial score (nSPS) is 25.5. The van der Waals surface area contributed by atoms with E-state index in [1.54, 1.807) is 0 Å². The van der Waals surface area contributed by atoms with Crippen LogP contribution in [0.3, 0.4) is 0 Å². The largest absolute Gasteiger partial charge is 0.411 e. The van der Waals surface area contributed by atoms with Gasteiger partial charge in [-0.2, -0.15) is 0 Å². The van der Waals surface area contributed by atoms with Crippen molar-refractivity contribution in [1.82, 2.24) is 0 Å². The summed E-state index contributed by atoms with van der Waals surface area (Å²) in [7, 11) is -4.04. The van der Waals surface area contributed by atoms with Crippen molar-refractivity contribution in [2.24, 2.45) is 17.0 Å². The lowest BCUT2D eigenvalue weighted by atomic mass is 9.77. The quantitative estimate of drug-likeness (QED) is 0.146. The predicted octanol–water partition coefficient (Wildman–Crippen LogP) is 4.18. The van der Waals surface area contributed by atoms with Gasteiger partial charge in [0.2, 0.25) is 0 Å². The van der Waals surface area contributed by atoms with Gasteiger partial charge in [0.1, 0.15) is 0 Å². The molecule has 2 aliphatic rings. The Hall–Kier alpha value is -2.67. The third-order valence-corrected chi connectivity index (χ3v) is 9.75. The van der Waals surface area contributed by atoms with Crippen molar-refractivity contribution in [3.63, 3.8) is 0 Å². The fraction of sp³-hybridized carbons (Fsp3) is 0.417. The van der Waals surface area contributed by atoms with Crippen molar-refractivity contribution in [3.05, 3.63) is 58.4 Å². The molecule has 4 rings (SSSR count). The number of carbonyl (C=O) groups is 1. The molecule has 37 heavy (non-hydrogen) atoms. The summed E-state index contributed by atoms with van der Waals surface area (Å²) in [6.07, 6.45) is 2.65. The number of nitrogens with one attached hydrogen (secondary N) is 1. The van der Waals surface area contributed by atoms with Gasteiger partial charge >= 0.3 is 0 Å². The number of hydrogen-bond donors (Lipinski definition) is 3. The van der Waals surface area contributed by atoms with E-state index in [0.29, 0.717) is 25.0 Å². The monoisotopic (exact) mass is 560 g/mol. The Balaban J connectivity index is 1.55. The van der Waals surface area contributed by atoms with Crippen LogP contribution in [0.25, 0.3) is 0 Å². The summed E-state index contributed by atoms with van der Waals surface area (Å²) in [4.78, 5) is 12.4. The predicted molar refractivity (Wildman–Crippen MR) is 128 cm³/mol. The molecule has 0 aliphatic heterocycles. The molecule has 200 valence electrons. The van der Waals surface area contributed by atoms with E-state index in [1.165, 1.54) is 12.1 Å². The summed E-state index contributed by atoms with van der Waals surface area (Å²) in [5.41, 5.74) is -1.71. The first-order valence-electron chi connectivity index (χ1n) is 11.4. The maximum atomic E-state index is 13.7. The average molecular weight is 561 g/mol. The Morgan fingerprint density at radius 1 is 1.16 bits per heavy atom. The fourth-order valence-electron chi connectivity index (χ4n) is 5.44. The first-order chi connectivity index (χ1) is 17.4. The van der Waals surface area contributed by atoms with Crippen LogP contribution >= 0.6 is 11.6 Å². The Labute approximate surface area is 216 Å². The Kier molecular flexibility index (Phi) is 7.84. The second kappa shape index (κ2) is 10.6. The molecule has 0 radical (unpaired) electrons. The van der Waals surface area contributed by atoms with Crippen molar-refractivity contribution in [2.75, 3.05) is 18.5 Å². The van der Waals surface area contributed by atoms with Gasteiger partial charge < -0.3 is 20.4 Å². The van der Waals surface area contributed by atoms with Gasteiger partial charge in [0.15, 0.2) is 27.3 Å². The molecule has 4 atom stereocenters. The Morgan fingerprint density at radius 2 is 1.78 bits per heavy atom. The number of fused-ring (bicyclic) bond motifs is 2. The number of rotatable bonds is 8. The van der Waals surface area contributed by atoms with E-state index >= 15 is 0 Å². The van der Waals surface area contributed by atoms with Gasteiger partial charge in [0, 0.05) is 23.4 Å². The van der Waals surface area contributed by atoms with Gasteiger partial charge in [-0.05, 0) is 55.7 Å². The molecule has 13 heteroatoms. The highest BCUT2D eigenvalue weighted by molar-refractivity contribution is 7.92. The molecule has 2 aliphatic carbocycles. The zero-order valence-corrected chi connectivity index (χ0v) is 20.9. The lowest BCUT2D eigenvalue weighted by molar-refractivity contribution is -0.0759. The minimum Gasteiger partial charge on any atom is -0.411 e. The second-order valence-electron chi connectivity index (χ2n) is 9.41. The summed E-state index contributed by atoms with van der Waals surface area (Å²) in [6, 6.07) is 4.80. The molecule has 0 saturated heterocycles. The van der Waals surface area contributed by atoms with Crippen molar-refractivity contribution >= 4 is 39.2 Å². The van der Waals surface area contributed by atoms with Crippen molar-refractivity contribution in [1.29, 1.82) is 0 Å². The topological polar surface area (TPSA) is 125 Å². The van der Waals surface area contributed by atoms with E-state index in [9.17, 15) is 31.5 Å². The molecule has 0 heterocycles. The van der Waals surface area contributed by atoms with Crippen molar-refractivity contribution in [2.45, 2.75) is 41.4 Å². The molecular formula is C24H24ClF3N2O6S. The number of hydrogen-bond acceptors (Lipinski definition) is 7. The molecule has 0 spiro atoms. The van der Waals surface area contributed by atoms with Crippen LogP contribution in [0.1, 0.15) is 36.0 Å².